The zero-order valence-electron chi connectivity index (χ0n) is 9.57. The molecule has 17 heavy (non-hydrogen) atoms. The van der Waals surface area contributed by atoms with E-state index in [1.807, 2.05) is 22.6 Å². The van der Waals surface area contributed by atoms with Gasteiger partial charge in [0.25, 0.3) is 5.91 Å². The van der Waals surface area contributed by atoms with Crippen LogP contribution in [0.4, 0.5) is 0 Å². The standard InChI is InChI=1S/C11H13IN2O3/c1-14(6-10(13)15)11(16)8-4-3-7(17-2)5-9(8)12/h3-5H,6H2,1-2H3,(H2,13,15). The number of hydrogen-bond acceptors (Lipinski definition) is 3. The Balaban J connectivity index is 2.92. The quantitative estimate of drug-likeness (QED) is 0.821. The molecule has 2 amide bonds. The fourth-order valence-corrected chi connectivity index (χ4v) is 2.02. The van der Waals surface area contributed by atoms with E-state index in [1.165, 1.54) is 11.9 Å². The number of carbonyl (C=O) groups is 2. The molecule has 0 aromatic heterocycles. The lowest BCUT2D eigenvalue weighted by atomic mass is 10.2. The molecule has 0 aliphatic carbocycles. The van der Waals surface area contributed by atoms with Crippen LogP contribution in [-0.4, -0.2) is 37.4 Å². The molecule has 0 spiro atoms. The minimum absolute atomic E-state index is 0.0963. The van der Waals surface area contributed by atoms with Gasteiger partial charge < -0.3 is 15.4 Å². The zero-order chi connectivity index (χ0) is 13.0. The molecule has 0 unspecified atom stereocenters. The highest BCUT2D eigenvalue weighted by Crippen LogP contribution is 2.20. The van der Waals surface area contributed by atoms with Crippen LogP contribution < -0.4 is 10.5 Å². The van der Waals surface area contributed by atoms with E-state index in [0.717, 1.165) is 3.57 Å². The third-order valence-electron chi connectivity index (χ3n) is 2.15. The van der Waals surface area contributed by atoms with Crippen molar-refractivity contribution in [1.82, 2.24) is 4.90 Å². The number of benzene rings is 1. The van der Waals surface area contributed by atoms with Gasteiger partial charge >= 0.3 is 0 Å². The number of likely N-dealkylation sites (N-methyl/N-ethyl adjacent to an activating group) is 1. The van der Waals surface area contributed by atoms with Crippen LogP contribution in [0.5, 0.6) is 5.75 Å². The summed E-state index contributed by atoms with van der Waals surface area (Å²) >= 11 is 2.05. The number of amides is 2. The Morgan fingerprint density at radius 1 is 1.47 bits per heavy atom. The number of carbonyl (C=O) groups excluding carboxylic acids is 2. The van der Waals surface area contributed by atoms with Crippen molar-refractivity contribution in [3.05, 3.63) is 27.3 Å². The number of methoxy groups -OCH3 is 1. The summed E-state index contributed by atoms with van der Waals surface area (Å²) in [6.07, 6.45) is 0. The molecule has 0 saturated carbocycles. The lowest BCUT2D eigenvalue weighted by Gasteiger charge is -2.16. The number of ether oxygens (including phenoxy) is 1. The molecular formula is C11H13IN2O3. The molecule has 1 rings (SSSR count). The monoisotopic (exact) mass is 348 g/mol. The third kappa shape index (κ3) is 3.58. The van der Waals surface area contributed by atoms with Gasteiger partial charge in [-0.05, 0) is 40.8 Å². The molecular weight excluding hydrogens is 335 g/mol. The number of nitrogens with two attached hydrogens (primary N) is 1. The molecule has 0 heterocycles. The van der Waals surface area contributed by atoms with Crippen molar-refractivity contribution in [3.8, 4) is 5.75 Å². The predicted molar refractivity (Wildman–Crippen MR) is 71.9 cm³/mol. The first-order valence-electron chi connectivity index (χ1n) is 4.83. The molecule has 1 aromatic carbocycles. The lowest BCUT2D eigenvalue weighted by Crippen LogP contribution is -2.35. The Labute approximate surface area is 113 Å². The maximum atomic E-state index is 12.0. The molecule has 6 heteroatoms. The summed E-state index contributed by atoms with van der Waals surface area (Å²) in [6.45, 7) is -0.0963. The molecule has 0 fully saturated rings. The van der Waals surface area contributed by atoms with Crippen LogP contribution in [0, 0.1) is 3.57 Å². The Kier molecular flexibility index (Phi) is 4.73. The molecule has 92 valence electrons. The van der Waals surface area contributed by atoms with Crippen LogP contribution in [0.25, 0.3) is 0 Å². The van der Waals surface area contributed by atoms with Crippen molar-refractivity contribution >= 4 is 34.4 Å². The summed E-state index contributed by atoms with van der Waals surface area (Å²) in [6, 6.07) is 5.12. The van der Waals surface area contributed by atoms with E-state index in [1.54, 1.807) is 25.3 Å². The molecule has 0 aliphatic heterocycles. The Bertz CT molecular complexity index is 448. The predicted octanol–water partition coefficient (Wildman–Crippen LogP) is 0.857. The van der Waals surface area contributed by atoms with Crippen molar-refractivity contribution in [1.29, 1.82) is 0 Å². The van der Waals surface area contributed by atoms with E-state index in [-0.39, 0.29) is 12.5 Å². The molecule has 2 N–H and O–H groups in total. The van der Waals surface area contributed by atoms with Gasteiger partial charge in [0.05, 0.1) is 19.2 Å². The summed E-state index contributed by atoms with van der Waals surface area (Å²) in [5.74, 6) is -0.0938. The van der Waals surface area contributed by atoms with Gasteiger partial charge in [-0.25, -0.2) is 0 Å². The van der Waals surface area contributed by atoms with Gasteiger partial charge in [-0.2, -0.15) is 0 Å². The number of hydrogen-bond donors (Lipinski definition) is 1. The van der Waals surface area contributed by atoms with Gasteiger partial charge in [-0.15, -0.1) is 0 Å². The van der Waals surface area contributed by atoms with Gasteiger partial charge in [0.1, 0.15) is 5.75 Å². The Morgan fingerprint density at radius 3 is 2.59 bits per heavy atom. The molecule has 0 atom stereocenters. The van der Waals surface area contributed by atoms with Crippen LogP contribution in [0.3, 0.4) is 0 Å². The van der Waals surface area contributed by atoms with Crippen molar-refractivity contribution in [2.75, 3.05) is 20.7 Å². The number of primary amides is 1. The highest BCUT2D eigenvalue weighted by atomic mass is 127. The largest absolute Gasteiger partial charge is 0.497 e. The second kappa shape index (κ2) is 5.85. The molecule has 0 aliphatic rings. The van der Waals surface area contributed by atoms with E-state index in [4.69, 9.17) is 10.5 Å². The van der Waals surface area contributed by atoms with Crippen molar-refractivity contribution in [2.24, 2.45) is 5.73 Å². The van der Waals surface area contributed by atoms with Gasteiger partial charge in [-0.3, -0.25) is 9.59 Å². The van der Waals surface area contributed by atoms with Crippen LogP contribution in [-0.2, 0) is 4.79 Å². The average molecular weight is 348 g/mol. The second-order valence-electron chi connectivity index (χ2n) is 3.47. The van der Waals surface area contributed by atoms with Crippen LogP contribution >= 0.6 is 22.6 Å². The first kappa shape index (κ1) is 13.8. The topological polar surface area (TPSA) is 72.6 Å². The smallest absolute Gasteiger partial charge is 0.255 e. The summed E-state index contributed by atoms with van der Waals surface area (Å²) in [4.78, 5) is 24.0. The maximum absolute atomic E-state index is 12.0. The fourth-order valence-electron chi connectivity index (χ4n) is 1.31. The third-order valence-corrected chi connectivity index (χ3v) is 3.04. The number of rotatable bonds is 4. The zero-order valence-corrected chi connectivity index (χ0v) is 11.7. The van der Waals surface area contributed by atoms with Gasteiger partial charge in [0, 0.05) is 10.6 Å². The fraction of sp³-hybridized carbons (Fsp3) is 0.273. The molecule has 5 nitrogen and oxygen atoms in total. The first-order valence-corrected chi connectivity index (χ1v) is 5.91. The highest BCUT2D eigenvalue weighted by molar-refractivity contribution is 14.1. The highest BCUT2D eigenvalue weighted by Gasteiger charge is 2.16. The van der Waals surface area contributed by atoms with E-state index in [9.17, 15) is 9.59 Å². The van der Waals surface area contributed by atoms with Gasteiger partial charge in [-0.1, -0.05) is 0 Å². The van der Waals surface area contributed by atoms with Crippen LogP contribution in [0.15, 0.2) is 18.2 Å². The minimum atomic E-state index is -0.538. The summed E-state index contributed by atoms with van der Waals surface area (Å²) in [5.41, 5.74) is 5.56. The molecule has 0 bridgehead atoms. The number of halogens is 1. The van der Waals surface area contributed by atoms with E-state index in [2.05, 4.69) is 0 Å². The molecule has 0 saturated heterocycles. The summed E-state index contributed by atoms with van der Waals surface area (Å²) in [5, 5.41) is 0. The second-order valence-corrected chi connectivity index (χ2v) is 4.64. The normalized spacial score (nSPS) is 9.82. The molecule has 1 aromatic rings. The summed E-state index contributed by atoms with van der Waals surface area (Å²) < 4.78 is 5.82. The SMILES string of the molecule is COc1ccc(C(=O)N(C)CC(N)=O)c(I)c1. The van der Waals surface area contributed by atoms with Gasteiger partial charge in [0.15, 0.2) is 0 Å². The molecule has 0 radical (unpaired) electrons. The summed E-state index contributed by atoms with van der Waals surface area (Å²) in [7, 11) is 3.10. The van der Waals surface area contributed by atoms with E-state index in [0.29, 0.717) is 11.3 Å². The average Bonchev–Trinajstić information content (AvgIpc) is 2.27. The lowest BCUT2D eigenvalue weighted by molar-refractivity contribution is -0.118. The van der Waals surface area contributed by atoms with Crippen molar-refractivity contribution < 1.29 is 14.3 Å². The minimum Gasteiger partial charge on any atom is -0.497 e. The Morgan fingerprint density at radius 2 is 2.12 bits per heavy atom. The number of nitrogens with zero attached hydrogens (tertiary/aromatic N) is 1. The van der Waals surface area contributed by atoms with Crippen LogP contribution in [0.1, 0.15) is 10.4 Å². The Hall–Kier alpha value is -1.31. The van der Waals surface area contributed by atoms with Crippen LogP contribution in [0.2, 0.25) is 0 Å². The van der Waals surface area contributed by atoms with Crippen molar-refractivity contribution in [3.63, 3.8) is 0 Å². The van der Waals surface area contributed by atoms with E-state index < -0.39 is 5.91 Å². The van der Waals surface area contributed by atoms with Crippen molar-refractivity contribution in [2.45, 2.75) is 0 Å². The van der Waals surface area contributed by atoms with E-state index >= 15 is 0 Å². The van der Waals surface area contributed by atoms with Gasteiger partial charge in [0.2, 0.25) is 5.91 Å². The maximum Gasteiger partial charge on any atom is 0.255 e. The first-order chi connectivity index (χ1) is 7.95.